The summed E-state index contributed by atoms with van der Waals surface area (Å²) in [6, 6.07) is 7.24. The molecule has 1 aliphatic heterocycles. The Bertz CT molecular complexity index is 826. The summed E-state index contributed by atoms with van der Waals surface area (Å²) in [7, 11) is 1.59. The van der Waals surface area contributed by atoms with E-state index in [2.05, 4.69) is 36.3 Å². The van der Waals surface area contributed by atoms with Gasteiger partial charge < -0.3 is 15.0 Å². The molecule has 0 radical (unpaired) electrons. The number of carbonyl (C=O) groups excluding carboxylic acids is 2. The molecule has 0 aliphatic carbocycles. The van der Waals surface area contributed by atoms with E-state index < -0.39 is 5.92 Å². The lowest BCUT2D eigenvalue weighted by Crippen LogP contribution is -2.28. The van der Waals surface area contributed by atoms with Gasteiger partial charge in [-0.15, -0.1) is 10.2 Å². The third-order valence-electron chi connectivity index (χ3n) is 4.26. The Morgan fingerprint density at radius 3 is 2.63 bits per heavy atom. The number of nitrogens with one attached hydrogen (secondary N) is 1. The first kappa shape index (κ1) is 19.3. The highest BCUT2D eigenvalue weighted by Crippen LogP contribution is 2.29. The van der Waals surface area contributed by atoms with Gasteiger partial charge in [-0.05, 0) is 29.7 Å². The van der Waals surface area contributed by atoms with Gasteiger partial charge in [0.15, 0.2) is 0 Å². The Balaban J connectivity index is 1.62. The van der Waals surface area contributed by atoms with Gasteiger partial charge in [0.2, 0.25) is 16.9 Å². The molecule has 1 fully saturated rings. The predicted octanol–water partition coefficient (Wildman–Crippen LogP) is 3.13. The van der Waals surface area contributed by atoms with Crippen LogP contribution in [0.15, 0.2) is 24.3 Å². The molecule has 2 aromatic rings. The van der Waals surface area contributed by atoms with Gasteiger partial charge >= 0.3 is 0 Å². The first-order valence-electron chi connectivity index (χ1n) is 8.83. The largest absolute Gasteiger partial charge is 0.497 e. The Morgan fingerprint density at radius 1 is 1.30 bits per heavy atom. The topological polar surface area (TPSA) is 84.4 Å². The van der Waals surface area contributed by atoms with E-state index in [1.165, 1.54) is 11.3 Å². The predicted molar refractivity (Wildman–Crippen MR) is 105 cm³/mol. The SMILES string of the molecule is COc1ccc(N2CC(C(=O)Nc3nnc(CC(C)(C)C)s3)CC2=O)cc1. The van der Waals surface area contributed by atoms with Gasteiger partial charge in [0.1, 0.15) is 10.8 Å². The van der Waals surface area contributed by atoms with Crippen LogP contribution in [0.1, 0.15) is 32.2 Å². The molecule has 1 N–H and O–H groups in total. The number of hydrogen-bond acceptors (Lipinski definition) is 6. The summed E-state index contributed by atoms with van der Waals surface area (Å²) in [5, 5.41) is 12.4. The van der Waals surface area contributed by atoms with E-state index in [1.54, 1.807) is 24.1 Å². The van der Waals surface area contributed by atoms with Crippen LogP contribution in [0.25, 0.3) is 0 Å². The van der Waals surface area contributed by atoms with Crippen molar-refractivity contribution >= 4 is 34.0 Å². The molecule has 2 heterocycles. The lowest BCUT2D eigenvalue weighted by Gasteiger charge is -2.16. The van der Waals surface area contributed by atoms with Gasteiger partial charge in [-0.3, -0.25) is 9.59 Å². The second-order valence-electron chi connectivity index (χ2n) is 7.83. The van der Waals surface area contributed by atoms with Crippen molar-refractivity contribution in [1.82, 2.24) is 10.2 Å². The molecule has 3 rings (SSSR count). The van der Waals surface area contributed by atoms with E-state index in [0.717, 1.165) is 22.9 Å². The lowest BCUT2D eigenvalue weighted by molar-refractivity contribution is -0.122. The Labute approximate surface area is 162 Å². The molecule has 0 spiro atoms. The number of aromatic nitrogens is 2. The maximum absolute atomic E-state index is 12.6. The summed E-state index contributed by atoms with van der Waals surface area (Å²) < 4.78 is 5.14. The number of rotatable bonds is 5. The van der Waals surface area contributed by atoms with Crippen molar-refractivity contribution in [2.45, 2.75) is 33.6 Å². The molecule has 144 valence electrons. The highest BCUT2D eigenvalue weighted by Gasteiger charge is 2.35. The van der Waals surface area contributed by atoms with E-state index in [4.69, 9.17) is 4.74 Å². The first-order valence-corrected chi connectivity index (χ1v) is 9.64. The number of benzene rings is 1. The van der Waals surface area contributed by atoms with Crippen molar-refractivity contribution in [3.05, 3.63) is 29.3 Å². The molecule has 1 unspecified atom stereocenters. The van der Waals surface area contributed by atoms with Crippen molar-refractivity contribution in [3.8, 4) is 5.75 Å². The van der Waals surface area contributed by atoms with Crippen LogP contribution in [0.5, 0.6) is 5.75 Å². The second kappa shape index (κ2) is 7.64. The Morgan fingerprint density at radius 2 is 2.00 bits per heavy atom. The maximum atomic E-state index is 12.6. The van der Waals surface area contributed by atoms with Crippen LogP contribution in [0.4, 0.5) is 10.8 Å². The molecular formula is C19H24N4O3S. The van der Waals surface area contributed by atoms with Crippen molar-refractivity contribution in [3.63, 3.8) is 0 Å². The molecule has 1 aromatic carbocycles. The molecule has 1 saturated heterocycles. The fourth-order valence-electron chi connectivity index (χ4n) is 2.93. The first-order chi connectivity index (χ1) is 12.7. The Kier molecular flexibility index (Phi) is 5.46. The molecule has 27 heavy (non-hydrogen) atoms. The van der Waals surface area contributed by atoms with Crippen LogP contribution in [-0.2, 0) is 16.0 Å². The third-order valence-corrected chi connectivity index (χ3v) is 5.10. The second-order valence-corrected chi connectivity index (χ2v) is 8.89. The zero-order chi connectivity index (χ0) is 19.6. The minimum Gasteiger partial charge on any atom is -0.497 e. The molecule has 0 bridgehead atoms. The fraction of sp³-hybridized carbons (Fsp3) is 0.474. The Hall–Kier alpha value is -2.48. The normalized spacial score (nSPS) is 17.3. The number of anilines is 2. The molecule has 8 heteroatoms. The zero-order valence-corrected chi connectivity index (χ0v) is 16.8. The average molecular weight is 388 g/mol. The summed E-state index contributed by atoms with van der Waals surface area (Å²) in [5.74, 6) is 0.0559. The third kappa shape index (κ3) is 4.82. The highest BCUT2D eigenvalue weighted by atomic mass is 32.1. The van der Waals surface area contributed by atoms with Crippen LogP contribution in [-0.4, -0.2) is 35.7 Å². The van der Waals surface area contributed by atoms with Gasteiger partial charge in [0, 0.05) is 25.1 Å². The van der Waals surface area contributed by atoms with Crippen molar-refractivity contribution < 1.29 is 14.3 Å². The quantitative estimate of drug-likeness (QED) is 0.851. The standard InChI is InChI=1S/C19H24N4O3S/c1-19(2,3)10-15-21-22-18(27-15)20-17(25)12-9-16(24)23(11-12)13-5-7-14(26-4)8-6-13/h5-8,12H,9-11H2,1-4H3,(H,20,22,25). The summed E-state index contributed by atoms with van der Waals surface area (Å²) >= 11 is 1.38. The van der Waals surface area contributed by atoms with Crippen LogP contribution >= 0.6 is 11.3 Å². The van der Waals surface area contributed by atoms with E-state index in [0.29, 0.717) is 11.7 Å². The smallest absolute Gasteiger partial charge is 0.231 e. The van der Waals surface area contributed by atoms with E-state index in [9.17, 15) is 9.59 Å². The summed E-state index contributed by atoms with van der Waals surface area (Å²) in [6.07, 6.45) is 0.985. The molecule has 7 nitrogen and oxygen atoms in total. The maximum Gasteiger partial charge on any atom is 0.231 e. The lowest BCUT2D eigenvalue weighted by atomic mass is 9.93. The molecule has 0 saturated carbocycles. The molecular weight excluding hydrogens is 364 g/mol. The number of nitrogens with zero attached hydrogens (tertiary/aromatic N) is 3. The van der Waals surface area contributed by atoms with E-state index >= 15 is 0 Å². The van der Waals surface area contributed by atoms with E-state index in [1.807, 2.05) is 12.1 Å². The van der Waals surface area contributed by atoms with Gasteiger partial charge in [-0.1, -0.05) is 32.1 Å². The number of amides is 2. The number of carbonyl (C=O) groups is 2. The summed E-state index contributed by atoms with van der Waals surface area (Å²) in [4.78, 5) is 26.5. The van der Waals surface area contributed by atoms with Crippen LogP contribution in [0.2, 0.25) is 0 Å². The molecule has 1 atom stereocenters. The zero-order valence-electron chi connectivity index (χ0n) is 16.0. The highest BCUT2D eigenvalue weighted by molar-refractivity contribution is 7.15. The van der Waals surface area contributed by atoms with Crippen molar-refractivity contribution in [1.29, 1.82) is 0 Å². The van der Waals surface area contributed by atoms with Crippen LogP contribution in [0, 0.1) is 11.3 Å². The molecule has 1 aliphatic rings. The number of hydrogen-bond donors (Lipinski definition) is 1. The fourth-order valence-corrected chi connectivity index (χ4v) is 3.97. The minimum absolute atomic E-state index is 0.0639. The van der Waals surface area contributed by atoms with Gasteiger partial charge in [-0.2, -0.15) is 0 Å². The van der Waals surface area contributed by atoms with Crippen LogP contribution < -0.4 is 15.0 Å². The molecule has 1 aromatic heterocycles. The molecule has 2 amide bonds. The van der Waals surface area contributed by atoms with Gasteiger partial charge in [-0.25, -0.2) is 0 Å². The van der Waals surface area contributed by atoms with Gasteiger partial charge in [0.05, 0.1) is 13.0 Å². The summed E-state index contributed by atoms with van der Waals surface area (Å²) in [6.45, 7) is 6.74. The van der Waals surface area contributed by atoms with Crippen molar-refractivity contribution in [2.24, 2.45) is 11.3 Å². The van der Waals surface area contributed by atoms with Gasteiger partial charge in [0.25, 0.3) is 0 Å². The average Bonchev–Trinajstić information content (AvgIpc) is 3.20. The summed E-state index contributed by atoms with van der Waals surface area (Å²) in [5.41, 5.74) is 0.872. The van der Waals surface area contributed by atoms with Crippen LogP contribution in [0.3, 0.4) is 0 Å². The minimum atomic E-state index is -0.408. The number of ether oxygens (including phenoxy) is 1. The van der Waals surface area contributed by atoms with E-state index in [-0.39, 0.29) is 23.7 Å². The monoisotopic (exact) mass is 388 g/mol. The van der Waals surface area contributed by atoms with Crippen molar-refractivity contribution in [2.75, 3.05) is 23.9 Å². The number of methoxy groups -OCH3 is 1.